The van der Waals surface area contributed by atoms with E-state index in [0.29, 0.717) is 6.42 Å². The van der Waals surface area contributed by atoms with E-state index in [1.807, 2.05) is 0 Å². The van der Waals surface area contributed by atoms with Crippen LogP contribution in [-0.4, -0.2) is 63.6 Å². The number of carbonyl (C=O) groups excluding carboxylic acids is 1. The summed E-state index contributed by atoms with van der Waals surface area (Å²) >= 11 is 0. The zero-order chi connectivity index (χ0) is 29.0. The fourth-order valence-electron chi connectivity index (χ4n) is 4.65. The zero-order valence-electron chi connectivity index (χ0n) is 23.5. The van der Waals surface area contributed by atoms with Gasteiger partial charge in [0.05, 0.1) is 6.42 Å². The van der Waals surface area contributed by atoms with Gasteiger partial charge in [-0.15, -0.1) is 0 Å². The summed E-state index contributed by atoms with van der Waals surface area (Å²) in [5.41, 5.74) is -0.00238. The SMILES string of the molecule is C=C(CC(C(C)=O)S(=O)(=O)O)N(CCCCCCCCCCCCCCCCCC)[C@@H](CC(=O)O)C(=O)O. The average Bonchev–Trinajstić information content (AvgIpc) is 2.82. The molecule has 0 aliphatic carbocycles. The van der Waals surface area contributed by atoms with Crippen molar-refractivity contribution in [3.05, 3.63) is 12.3 Å². The molecular formula is C28H51NO8S. The smallest absolute Gasteiger partial charge is 0.326 e. The summed E-state index contributed by atoms with van der Waals surface area (Å²) in [5, 5.41) is 17.0. The molecule has 0 radical (unpaired) electrons. The molecule has 0 bridgehead atoms. The predicted octanol–water partition coefficient (Wildman–Crippen LogP) is 6.23. The number of unbranched alkanes of at least 4 members (excludes halogenated alkanes) is 15. The molecule has 0 spiro atoms. The molecule has 0 saturated carbocycles. The molecule has 222 valence electrons. The first kappa shape index (κ1) is 36.1. The van der Waals surface area contributed by atoms with Gasteiger partial charge in [-0.05, 0) is 13.3 Å². The van der Waals surface area contributed by atoms with E-state index in [0.717, 1.165) is 32.6 Å². The molecule has 10 heteroatoms. The largest absolute Gasteiger partial charge is 0.481 e. The fraction of sp³-hybridized carbons (Fsp3) is 0.821. The van der Waals surface area contributed by atoms with Gasteiger partial charge in [-0.3, -0.25) is 14.1 Å². The van der Waals surface area contributed by atoms with Crippen molar-refractivity contribution in [3.8, 4) is 0 Å². The minimum atomic E-state index is -4.71. The predicted molar refractivity (Wildman–Crippen MR) is 150 cm³/mol. The number of carboxylic acid groups (broad SMARTS) is 2. The molecule has 0 aliphatic heterocycles. The van der Waals surface area contributed by atoms with Crippen molar-refractivity contribution >= 4 is 27.8 Å². The maximum atomic E-state index is 11.8. The summed E-state index contributed by atoms with van der Waals surface area (Å²) in [6.07, 6.45) is 17.7. The highest BCUT2D eigenvalue weighted by Gasteiger charge is 2.34. The maximum Gasteiger partial charge on any atom is 0.326 e. The van der Waals surface area contributed by atoms with Crippen LogP contribution in [0.2, 0.25) is 0 Å². The molecule has 0 aromatic carbocycles. The van der Waals surface area contributed by atoms with Crippen LogP contribution in [0.3, 0.4) is 0 Å². The Kier molecular flexibility index (Phi) is 19.9. The number of aliphatic carboxylic acids is 2. The number of Topliss-reactive ketones (excluding diaryl/α,β-unsaturated/α-hetero) is 1. The molecule has 0 rings (SSSR count). The van der Waals surface area contributed by atoms with E-state index in [9.17, 15) is 32.5 Å². The van der Waals surface area contributed by atoms with E-state index in [1.54, 1.807) is 0 Å². The second kappa shape index (κ2) is 21.0. The first-order chi connectivity index (χ1) is 17.9. The second-order valence-electron chi connectivity index (χ2n) is 10.3. The van der Waals surface area contributed by atoms with Crippen LogP contribution >= 0.6 is 0 Å². The summed E-state index contributed by atoms with van der Waals surface area (Å²) in [5.74, 6) is -3.50. The molecule has 0 aromatic rings. The molecule has 0 fully saturated rings. The number of nitrogens with zero attached hydrogens (tertiary/aromatic N) is 1. The Morgan fingerprint density at radius 2 is 1.13 bits per heavy atom. The highest BCUT2D eigenvalue weighted by Crippen LogP contribution is 2.22. The van der Waals surface area contributed by atoms with Gasteiger partial charge in [0.15, 0.2) is 5.78 Å². The van der Waals surface area contributed by atoms with Gasteiger partial charge in [0.1, 0.15) is 11.3 Å². The number of carbonyl (C=O) groups is 3. The summed E-state index contributed by atoms with van der Waals surface area (Å²) in [6, 6.07) is -1.45. The molecule has 1 unspecified atom stereocenters. The molecule has 0 aromatic heterocycles. The van der Waals surface area contributed by atoms with Crippen molar-refractivity contribution in [1.29, 1.82) is 0 Å². The zero-order valence-corrected chi connectivity index (χ0v) is 24.4. The van der Waals surface area contributed by atoms with E-state index in [2.05, 4.69) is 13.5 Å². The third-order valence-electron chi connectivity index (χ3n) is 6.92. The molecule has 3 N–H and O–H groups in total. The van der Waals surface area contributed by atoms with Crippen molar-refractivity contribution in [2.75, 3.05) is 6.54 Å². The third kappa shape index (κ3) is 17.5. The first-order valence-corrected chi connectivity index (χ1v) is 15.8. The number of carboxylic acids is 2. The first-order valence-electron chi connectivity index (χ1n) is 14.3. The lowest BCUT2D eigenvalue weighted by molar-refractivity contribution is -0.149. The quantitative estimate of drug-likeness (QED) is 0.0825. The highest BCUT2D eigenvalue weighted by atomic mass is 32.2. The van der Waals surface area contributed by atoms with E-state index in [-0.39, 0.29) is 12.2 Å². The standard InChI is InChI=1S/C28H51NO8S/c1-4-5-6-7-8-9-10-11-12-13-14-15-16-17-18-19-20-29(25(28(33)34)22-27(31)32)23(2)21-26(24(3)30)38(35,36)37/h25-26H,2,4-22H2,1,3H3,(H,31,32)(H,33,34)(H,35,36,37)/t25-,26?/m0/s1. The Balaban J connectivity index is 4.47. The number of hydrogen-bond acceptors (Lipinski definition) is 6. The molecule has 0 amide bonds. The minimum absolute atomic E-state index is 0.00238. The fourth-order valence-corrected chi connectivity index (χ4v) is 5.47. The van der Waals surface area contributed by atoms with Gasteiger partial charge in [-0.25, -0.2) is 4.79 Å². The molecule has 0 heterocycles. The lowest BCUT2D eigenvalue weighted by Crippen LogP contribution is -2.44. The number of hydrogen-bond donors (Lipinski definition) is 3. The summed E-state index contributed by atoms with van der Waals surface area (Å²) in [4.78, 5) is 36.0. The van der Waals surface area contributed by atoms with Gasteiger partial charge in [-0.2, -0.15) is 8.42 Å². The topological polar surface area (TPSA) is 149 Å². The van der Waals surface area contributed by atoms with Gasteiger partial charge >= 0.3 is 11.9 Å². The van der Waals surface area contributed by atoms with Crippen LogP contribution in [0.15, 0.2) is 12.3 Å². The Morgan fingerprint density at radius 1 is 0.737 bits per heavy atom. The molecular weight excluding hydrogens is 510 g/mol. The van der Waals surface area contributed by atoms with Gasteiger partial charge in [0.25, 0.3) is 10.1 Å². The van der Waals surface area contributed by atoms with E-state index in [4.69, 9.17) is 5.11 Å². The number of rotatable bonds is 26. The maximum absolute atomic E-state index is 11.8. The third-order valence-corrected chi connectivity index (χ3v) is 8.14. The molecule has 2 atom stereocenters. The Morgan fingerprint density at radius 3 is 1.45 bits per heavy atom. The second-order valence-corrected chi connectivity index (χ2v) is 11.9. The molecule has 0 saturated heterocycles. The Labute approximate surface area is 229 Å². The van der Waals surface area contributed by atoms with Crippen LogP contribution in [0, 0.1) is 0 Å². The van der Waals surface area contributed by atoms with Crippen LogP contribution in [0.4, 0.5) is 0 Å². The van der Waals surface area contributed by atoms with Crippen LogP contribution in [0.25, 0.3) is 0 Å². The van der Waals surface area contributed by atoms with Crippen molar-refractivity contribution < 1.29 is 37.6 Å². The van der Waals surface area contributed by atoms with Gasteiger partial charge in [0, 0.05) is 18.7 Å². The van der Waals surface area contributed by atoms with Crippen LogP contribution in [0.1, 0.15) is 129 Å². The Bertz CT molecular complexity index is 812. The van der Waals surface area contributed by atoms with Crippen LogP contribution < -0.4 is 0 Å². The minimum Gasteiger partial charge on any atom is -0.481 e. The normalized spacial score (nSPS) is 13.1. The highest BCUT2D eigenvalue weighted by molar-refractivity contribution is 7.87. The average molecular weight is 562 g/mol. The number of allylic oxidation sites excluding steroid dienone is 1. The van der Waals surface area contributed by atoms with Crippen molar-refractivity contribution in [3.63, 3.8) is 0 Å². The molecule has 38 heavy (non-hydrogen) atoms. The van der Waals surface area contributed by atoms with Crippen molar-refractivity contribution in [2.45, 2.75) is 141 Å². The summed E-state index contributed by atoms with van der Waals surface area (Å²) < 4.78 is 32.6. The van der Waals surface area contributed by atoms with Crippen LogP contribution in [-0.2, 0) is 24.5 Å². The van der Waals surface area contributed by atoms with Gasteiger partial charge in [0.2, 0.25) is 0 Å². The van der Waals surface area contributed by atoms with Crippen LogP contribution in [0.5, 0.6) is 0 Å². The monoisotopic (exact) mass is 561 g/mol. The van der Waals surface area contributed by atoms with Crippen molar-refractivity contribution in [1.82, 2.24) is 4.90 Å². The van der Waals surface area contributed by atoms with Gasteiger partial charge < -0.3 is 15.1 Å². The molecule has 9 nitrogen and oxygen atoms in total. The van der Waals surface area contributed by atoms with Crippen molar-refractivity contribution in [2.24, 2.45) is 0 Å². The Hall–Kier alpha value is -1.94. The van der Waals surface area contributed by atoms with E-state index in [1.165, 1.54) is 75.5 Å². The van der Waals surface area contributed by atoms with E-state index >= 15 is 0 Å². The van der Waals surface area contributed by atoms with E-state index < -0.39 is 52.0 Å². The number of ketones is 1. The lowest BCUT2D eigenvalue weighted by atomic mass is 10.0. The summed E-state index contributed by atoms with van der Waals surface area (Å²) in [6.45, 7) is 7.15. The van der Waals surface area contributed by atoms with Gasteiger partial charge in [-0.1, -0.05) is 110 Å². The summed E-state index contributed by atoms with van der Waals surface area (Å²) in [7, 11) is -4.71. The lowest BCUT2D eigenvalue weighted by Gasteiger charge is -2.33. The molecule has 0 aliphatic rings.